The Kier molecular flexibility index (Phi) is 12.3. The predicted molar refractivity (Wildman–Crippen MR) is 76.4 cm³/mol. The first-order chi connectivity index (χ1) is 9.04. The van der Waals surface area contributed by atoms with Crippen LogP contribution in [0.5, 0.6) is 0 Å². The third-order valence-corrected chi connectivity index (χ3v) is 2.70. The lowest BCUT2D eigenvalue weighted by molar-refractivity contribution is -0.127. The van der Waals surface area contributed by atoms with Gasteiger partial charge in [-0.15, -0.1) is 0 Å². The highest BCUT2D eigenvalue weighted by atomic mass is 16.5. The molecule has 0 aromatic rings. The molecule has 0 N–H and O–H groups in total. The van der Waals surface area contributed by atoms with E-state index in [9.17, 15) is 4.79 Å². The first-order valence-electron chi connectivity index (χ1n) is 7.30. The van der Waals surface area contributed by atoms with Gasteiger partial charge in [-0.25, -0.2) is 0 Å². The fourth-order valence-electron chi connectivity index (χ4n) is 1.37. The second-order valence-electron chi connectivity index (χ2n) is 5.43. The van der Waals surface area contributed by atoms with E-state index in [-0.39, 0.29) is 18.3 Å². The number of carbonyl (C=O) groups excluding carboxylic acids is 1. The van der Waals surface area contributed by atoms with Gasteiger partial charge in [0, 0.05) is 12.5 Å². The number of hydrogen-bond donors (Lipinski definition) is 0. The minimum atomic E-state index is 0.0418. The fraction of sp³-hybridized carbons (Fsp3) is 0.933. The standard InChI is InChI=1S/C15H30O4/c1-13(2)6-5-7-17-8-9-18-10-11-19-12-15(16)14(3)4/h13-14H,5-12H2,1-4H3. The van der Waals surface area contributed by atoms with E-state index in [1.54, 1.807) is 0 Å². The van der Waals surface area contributed by atoms with Crippen LogP contribution in [0.1, 0.15) is 40.5 Å². The quantitative estimate of drug-likeness (QED) is 0.484. The average molecular weight is 274 g/mol. The number of Topliss-reactive ketones (excluding diaryl/α,β-unsaturated/α-hetero) is 1. The van der Waals surface area contributed by atoms with Crippen LogP contribution in [0.15, 0.2) is 0 Å². The molecule has 0 aromatic heterocycles. The summed E-state index contributed by atoms with van der Waals surface area (Å²) in [5, 5.41) is 0. The number of rotatable bonds is 13. The largest absolute Gasteiger partial charge is 0.379 e. The molecular formula is C15H30O4. The summed E-state index contributed by atoms with van der Waals surface area (Å²) in [5.74, 6) is 0.916. The second-order valence-corrected chi connectivity index (χ2v) is 5.43. The molecule has 4 heteroatoms. The highest BCUT2D eigenvalue weighted by molar-refractivity contribution is 5.81. The van der Waals surface area contributed by atoms with Crippen molar-refractivity contribution in [2.45, 2.75) is 40.5 Å². The lowest BCUT2D eigenvalue weighted by Gasteiger charge is -2.08. The van der Waals surface area contributed by atoms with E-state index in [1.807, 2.05) is 13.8 Å². The Morgan fingerprint density at radius 3 is 1.89 bits per heavy atom. The molecule has 0 rings (SSSR count). The maximum atomic E-state index is 11.2. The summed E-state index contributed by atoms with van der Waals surface area (Å²) < 4.78 is 16.0. The zero-order valence-corrected chi connectivity index (χ0v) is 12.9. The van der Waals surface area contributed by atoms with Gasteiger partial charge >= 0.3 is 0 Å². The van der Waals surface area contributed by atoms with Gasteiger partial charge in [0.15, 0.2) is 5.78 Å². The first-order valence-corrected chi connectivity index (χ1v) is 7.30. The van der Waals surface area contributed by atoms with E-state index in [2.05, 4.69) is 13.8 Å². The molecule has 0 aromatic carbocycles. The van der Waals surface area contributed by atoms with Crippen molar-refractivity contribution in [1.29, 1.82) is 0 Å². The predicted octanol–water partition coefficient (Wildman–Crippen LogP) is 2.70. The van der Waals surface area contributed by atoms with Gasteiger partial charge in [0.05, 0.1) is 26.4 Å². The van der Waals surface area contributed by atoms with Crippen molar-refractivity contribution in [3.8, 4) is 0 Å². The lowest BCUT2D eigenvalue weighted by Crippen LogP contribution is -2.17. The van der Waals surface area contributed by atoms with Crippen LogP contribution in [0.2, 0.25) is 0 Å². The van der Waals surface area contributed by atoms with E-state index in [0.717, 1.165) is 18.9 Å². The summed E-state index contributed by atoms with van der Waals surface area (Å²) in [4.78, 5) is 11.2. The van der Waals surface area contributed by atoms with Crippen molar-refractivity contribution in [1.82, 2.24) is 0 Å². The maximum absolute atomic E-state index is 11.2. The number of ketones is 1. The summed E-state index contributed by atoms with van der Waals surface area (Å²) in [5.41, 5.74) is 0. The molecule has 0 fully saturated rings. The fourth-order valence-corrected chi connectivity index (χ4v) is 1.37. The lowest BCUT2D eigenvalue weighted by atomic mass is 10.1. The third kappa shape index (κ3) is 13.8. The molecule has 0 radical (unpaired) electrons. The summed E-state index contributed by atoms with van der Waals surface area (Å²) >= 11 is 0. The van der Waals surface area contributed by atoms with E-state index in [4.69, 9.17) is 14.2 Å². The molecule has 0 spiro atoms. The van der Waals surface area contributed by atoms with E-state index in [1.165, 1.54) is 6.42 Å². The van der Waals surface area contributed by atoms with E-state index in [0.29, 0.717) is 26.4 Å². The van der Waals surface area contributed by atoms with Crippen LogP contribution in [0.3, 0.4) is 0 Å². The Morgan fingerprint density at radius 2 is 1.37 bits per heavy atom. The van der Waals surface area contributed by atoms with Crippen LogP contribution in [-0.2, 0) is 19.0 Å². The van der Waals surface area contributed by atoms with Gasteiger partial charge in [-0.05, 0) is 18.8 Å². The average Bonchev–Trinajstić information content (AvgIpc) is 2.35. The monoisotopic (exact) mass is 274 g/mol. The molecule has 0 saturated heterocycles. The van der Waals surface area contributed by atoms with Gasteiger partial charge in [0.25, 0.3) is 0 Å². The zero-order valence-electron chi connectivity index (χ0n) is 12.9. The van der Waals surface area contributed by atoms with Gasteiger partial charge < -0.3 is 14.2 Å². The molecule has 0 heterocycles. The Morgan fingerprint density at radius 1 is 0.842 bits per heavy atom. The summed E-state index contributed by atoms with van der Waals surface area (Å²) in [6.07, 6.45) is 2.32. The Labute approximate surface area is 117 Å². The van der Waals surface area contributed by atoms with Crippen LogP contribution in [-0.4, -0.2) is 45.4 Å². The van der Waals surface area contributed by atoms with Crippen LogP contribution in [0.4, 0.5) is 0 Å². The van der Waals surface area contributed by atoms with Gasteiger partial charge in [-0.1, -0.05) is 27.7 Å². The number of carbonyl (C=O) groups is 1. The minimum Gasteiger partial charge on any atom is -0.379 e. The van der Waals surface area contributed by atoms with Crippen LogP contribution in [0.25, 0.3) is 0 Å². The molecule has 0 saturated carbocycles. The zero-order chi connectivity index (χ0) is 14.5. The third-order valence-electron chi connectivity index (χ3n) is 2.70. The van der Waals surface area contributed by atoms with Crippen molar-refractivity contribution >= 4 is 5.78 Å². The van der Waals surface area contributed by atoms with Crippen molar-refractivity contribution in [2.24, 2.45) is 11.8 Å². The maximum Gasteiger partial charge on any atom is 0.160 e. The van der Waals surface area contributed by atoms with E-state index < -0.39 is 0 Å². The van der Waals surface area contributed by atoms with Crippen LogP contribution in [0, 0.1) is 11.8 Å². The summed E-state index contributed by atoms with van der Waals surface area (Å²) in [6.45, 7) is 11.4. The van der Waals surface area contributed by atoms with Crippen molar-refractivity contribution < 1.29 is 19.0 Å². The minimum absolute atomic E-state index is 0.0418. The van der Waals surface area contributed by atoms with Crippen LogP contribution < -0.4 is 0 Å². The van der Waals surface area contributed by atoms with Gasteiger partial charge in [0.1, 0.15) is 6.61 Å². The molecule has 0 aliphatic carbocycles. The number of ether oxygens (including phenoxy) is 3. The molecule has 0 aliphatic heterocycles. The smallest absolute Gasteiger partial charge is 0.160 e. The molecule has 4 nitrogen and oxygen atoms in total. The Balaban J connectivity index is 3.09. The number of hydrogen-bond acceptors (Lipinski definition) is 4. The van der Waals surface area contributed by atoms with Crippen LogP contribution >= 0.6 is 0 Å². The van der Waals surface area contributed by atoms with Gasteiger partial charge in [-0.2, -0.15) is 0 Å². The molecule has 0 aliphatic rings. The van der Waals surface area contributed by atoms with Crippen molar-refractivity contribution in [3.05, 3.63) is 0 Å². The Bertz CT molecular complexity index is 214. The molecule has 114 valence electrons. The summed E-state index contributed by atoms with van der Waals surface area (Å²) in [7, 11) is 0. The molecule has 0 unspecified atom stereocenters. The molecule has 0 bridgehead atoms. The molecular weight excluding hydrogens is 244 g/mol. The molecule has 19 heavy (non-hydrogen) atoms. The van der Waals surface area contributed by atoms with E-state index >= 15 is 0 Å². The molecule has 0 amide bonds. The van der Waals surface area contributed by atoms with Crippen molar-refractivity contribution in [3.63, 3.8) is 0 Å². The first kappa shape index (κ1) is 18.6. The van der Waals surface area contributed by atoms with Crippen molar-refractivity contribution in [2.75, 3.05) is 39.6 Å². The topological polar surface area (TPSA) is 44.8 Å². The SMILES string of the molecule is CC(C)CCCOCCOCCOCC(=O)C(C)C. The highest BCUT2D eigenvalue weighted by Gasteiger charge is 2.06. The highest BCUT2D eigenvalue weighted by Crippen LogP contribution is 2.02. The second kappa shape index (κ2) is 12.6. The van der Waals surface area contributed by atoms with Gasteiger partial charge in [0.2, 0.25) is 0 Å². The van der Waals surface area contributed by atoms with Gasteiger partial charge in [-0.3, -0.25) is 4.79 Å². The summed E-state index contributed by atoms with van der Waals surface area (Å²) in [6, 6.07) is 0. The Hall–Kier alpha value is -0.450. The normalized spacial score (nSPS) is 11.5. The molecule has 0 atom stereocenters.